The highest BCUT2D eigenvalue weighted by Gasteiger charge is 2.07. The van der Waals surface area contributed by atoms with E-state index in [-0.39, 0.29) is 0 Å². The van der Waals surface area contributed by atoms with Gasteiger partial charge in [-0.05, 0) is 52.8 Å². The lowest BCUT2D eigenvalue weighted by Gasteiger charge is -2.06. The summed E-state index contributed by atoms with van der Waals surface area (Å²) in [6.45, 7) is 1.93. The summed E-state index contributed by atoms with van der Waals surface area (Å²) in [4.78, 5) is 0. The Labute approximate surface area is 104 Å². The summed E-state index contributed by atoms with van der Waals surface area (Å²) >= 11 is 14.5. The van der Waals surface area contributed by atoms with Crippen molar-refractivity contribution in [1.82, 2.24) is 20.2 Å². The Kier molecular flexibility index (Phi) is 2.90. The maximum Gasteiger partial charge on any atom is 0.242 e. The van der Waals surface area contributed by atoms with Gasteiger partial charge in [-0.1, -0.05) is 21.9 Å². The molecule has 0 amide bonds. The van der Waals surface area contributed by atoms with Gasteiger partial charge < -0.3 is 0 Å². The fourth-order valence-corrected chi connectivity index (χ4v) is 2.13. The minimum atomic E-state index is 0.357. The number of benzene rings is 1. The molecule has 15 heavy (non-hydrogen) atoms. The van der Waals surface area contributed by atoms with Gasteiger partial charge in [0.15, 0.2) is 0 Å². The molecule has 4 nitrogen and oxygen atoms in total. The lowest BCUT2D eigenvalue weighted by Crippen LogP contribution is -1.98. The minimum absolute atomic E-state index is 0.357. The highest BCUT2D eigenvalue weighted by atomic mass is 79.9. The Hall–Kier alpha value is -0.720. The zero-order valence-corrected chi connectivity index (χ0v) is 10.8. The molecule has 2 aromatic rings. The second-order valence-corrected chi connectivity index (χ2v) is 4.60. The predicted molar refractivity (Wildman–Crippen MR) is 64.0 cm³/mol. The summed E-state index contributed by atoms with van der Waals surface area (Å²) in [5, 5.41) is 10.6. The van der Waals surface area contributed by atoms with Crippen LogP contribution in [0.5, 0.6) is 0 Å². The Bertz CT molecular complexity index is 562. The van der Waals surface area contributed by atoms with E-state index in [2.05, 4.69) is 31.5 Å². The standard InChI is InChI=1S/C8H6BrClN4S/c1-4-2-5(9)7(3-6(4)10)14-8(15)11-12-13-14/h2-3H,1H3,(H,11,13,15). The number of nitrogens with zero attached hydrogens (tertiary/aromatic N) is 3. The first kappa shape index (κ1) is 10.8. The van der Waals surface area contributed by atoms with Crippen molar-refractivity contribution in [3.8, 4) is 5.69 Å². The highest BCUT2D eigenvalue weighted by Crippen LogP contribution is 2.27. The van der Waals surface area contributed by atoms with Gasteiger partial charge in [-0.2, -0.15) is 5.21 Å². The van der Waals surface area contributed by atoms with Gasteiger partial charge >= 0.3 is 0 Å². The monoisotopic (exact) mass is 304 g/mol. The second-order valence-electron chi connectivity index (χ2n) is 2.97. The third-order valence-corrected chi connectivity index (χ3v) is 3.25. The Balaban J connectivity index is 2.69. The molecule has 2 rings (SSSR count). The van der Waals surface area contributed by atoms with Crippen molar-refractivity contribution in [2.45, 2.75) is 6.92 Å². The summed E-state index contributed by atoms with van der Waals surface area (Å²) < 4.78 is 2.81. The average molecular weight is 306 g/mol. The van der Waals surface area contributed by atoms with Crippen LogP contribution in [0.3, 0.4) is 0 Å². The van der Waals surface area contributed by atoms with Crippen LogP contribution in [0.1, 0.15) is 5.56 Å². The largest absolute Gasteiger partial charge is 0.242 e. The van der Waals surface area contributed by atoms with Gasteiger partial charge in [-0.25, -0.2) is 4.68 Å². The molecule has 0 saturated heterocycles. The van der Waals surface area contributed by atoms with Crippen LogP contribution in [-0.2, 0) is 0 Å². The van der Waals surface area contributed by atoms with Crippen LogP contribution in [0.25, 0.3) is 5.69 Å². The number of aromatic nitrogens is 4. The molecule has 0 aliphatic carbocycles. The number of H-pyrrole nitrogens is 1. The van der Waals surface area contributed by atoms with E-state index >= 15 is 0 Å². The molecular formula is C8H6BrClN4S. The van der Waals surface area contributed by atoms with Crippen LogP contribution >= 0.6 is 39.7 Å². The maximum absolute atomic E-state index is 6.03. The van der Waals surface area contributed by atoms with Crippen LogP contribution < -0.4 is 0 Å². The normalized spacial score (nSPS) is 10.6. The van der Waals surface area contributed by atoms with E-state index in [9.17, 15) is 0 Å². The van der Waals surface area contributed by atoms with E-state index < -0.39 is 0 Å². The van der Waals surface area contributed by atoms with Crippen molar-refractivity contribution in [1.29, 1.82) is 0 Å². The highest BCUT2D eigenvalue weighted by molar-refractivity contribution is 9.10. The Morgan fingerprint density at radius 3 is 2.87 bits per heavy atom. The van der Waals surface area contributed by atoms with Crippen molar-refractivity contribution in [2.75, 3.05) is 0 Å². The molecule has 0 spiro atoms. The fourth-order valence-electron chi connectivity index (χ4n) is 1.16. The van der Waals surface area contributed by atoms with E-state index in [1.54, 1.807) is 10.7 Å². The van der Waals surface area contributed by atoms with Gasteiger partial charge in [-0.3, -0.25) is 0 Å². The topological polar surface area (TPSA) is 46.5 Å². The van der Waals surface area contributed by atoms with Crippen LogP contribution in [-0.4, -0.2) is 20.2 Å². The third-order valence-electron chi connectivity index (χ3n) is 1.94. The van der Waals surface area contributed by atoms with Gasteiger partial charge in [0.1, 0.15) is 0 Å². The molecule has 0 unspecified atom stereocenters. The number of aryl methyl sites for hydroxylation is 1. The van der Waals surface area contributed by atoms with E-state index in [1.807, 2.05) is 13.0 Å². The molecule has 0 atom stereocenters. The van der Waals surface area contributed by atoms with E-state index in [0.29, 0.717) is 9.79 Å². The average Bonchev–Trinajstić information content (AvgIpc) is 2.58. The molecule has 1 aromatic heterocycles. The summed E-state index contributed by atoms with van der Waals surface area (Å²) in [5.74, 6) is 0. The number of rotatable bonds is 1. The first-order valence-electron chi connectivity index (χ1n) is 4.05. The number of hydrogen-bond acceptors (Lipinski definition) is 3. The molecule has 0 aliphatic rings. The van der Waals surface area contributed by atoms with Crippen LogP contribution in [0.2, 0.25) is 5.02 Å². The van der Waals surface area contributed by atoms with Crippen molar-refractivity contribution < 1.29 is 0 Å². The van der Waals surface area contributed by atoms with Gasteiger partial charge in [0, 0.05) is 9.50 Å². The first-order chi connectivity index (χ1) is 7.09. The lowest BCUT2D eigenvalue weighted by atomic mass is 10.2. The van der Waals surface area contributed by atoms with Crippen molar-refractivity contribution in [3.05, 3.63) is 32.0 Å². The van der Waals surface area contributed by atoms with E-state index in [4.69, 9.17) is 23.8 Å². The van der Waals surface area contributed by atoms with Gasteiger partial charge in [-0.15, -0.1) is 0 Å². The molecule has 0 saturated carbocycles. The number of aromatic amines is 1. The molecular weight excluding hydrogens is 300 g/mol. The van der Waals surface area contributed by atoms with E-state index in [0.717, 1.165) is 15.7 Å². The minimum Gasteiger partial charge on any atom is -0.208 e. The zero-order valence-electron chi connectivity index (χ0n) is 7.66. The van der Waals surface area contributed by atoms with Crippen molar-refractivity contribution >= 4 is 39.7 Å². The Morgan fingerprint density at radius 2 is 2.27 bits per heavy atom. The van der Waals surface area contributed by atoms with Crippen LogP contribution in [0, 0.1) is 11.7 Å². The lowest BCUT2D eigenvalue weighted by molar-refractivity contribution is 0.783. The van der Waals surface area contributed by atoms with Gasteiger partial charge in [0.25, 0.3) is 0 Å². The quantitative estimate of drug-likeness (QED) is 0.824. The van der Waals surface area contributed by atoms with Gasteiger partial charge in [0.05, 0.1) is 5.69 Å². The smallest absolute Gasteiger partial charge is 0.208 e. The fraction of sp³-hybridized carbons (Fsp3) is 0.125. The molecule has 7 heteroatoms. The number of tetrazole rings is 1. The second kappa shape index (κ2) is 4.03. The van der Waals surface area contributed by atoms with Crippen molar-refractivity contribution in [2.24, 2.45) is 0 Å². The van der Waals surface area contributed by atoms with E-state index in [1.165, 1.54) is 0 Å². The zero-order chi connectivity index (χ0) is 11.0. The number of nitrogens with one attached hydrogen (secondary N) is 1. The first-order valence-corrected chi connectivity index (χ1v) is 5.63. The summed E-state index contributed by atoms with van der Waals surface area (Å²) in [6.07, 6.45) is 0. The molecule has 0 aliphatic heterocycles. The number of hydrogen-bond donors (Lipinski definition) is 1. The maximum atomic E-state index is 6.03. The summed E-state index contributed by atoms with van der Waals surface area (Å²) in [6, 6.07) is 3.72. The molecule has 1 aromatic carbocycles. The molecule has 78 valence electrons. The third kappa shape index (κ3) is 1.97. The summed E-state index contributed by atoms with van der Waals surface area (Å²) in [7, 11) is 0. The van der Waals surface area contributed by atoms with Crippen LogP contribution in [0.15, 0.2) is 16.6 Å². The van der Waals surface area contributed by atoms with Gasteiger partial charge in [0.2, 0.25) is 4.77 Å². The summed E-state index contributed by atoms with van der Waals surface area (Å²) in [5.41, 5.74) is 1.78. The molecule has 1 N–H and O–H groups in total. The van der Waals surface area contributed by atoms with Crippen LogP contribution in [0.4, 0.5) is 0 Å². The molecule has 0 bridgehead atoms. The molecule has 1 heterocycles. The Morgan fingerprint density at radius 1 is 1.53 bits per heavy atom. The molecule has 0 fully saturated rings. The SMILES string of the molecule is Cc1cc(Br)c(-n2[nH]nnc2=S)cc1Cl. The number of halogens is 2. The van der Waals surface area contributed by atoms with Crippen molar-refractivity contribution in [3.63, 3.8) is 0 Å². The predicted octanol–water partition coefficient (Wildman–Crippen LogP) is 3.05. The molecule has 0 radical (unpaired) electrons.